The van der Waals surface area contributed by atoms with Crippen molar-refractivity contribution in [1.29, 1.82) is 0 Å². The summed E-state index contributed by atoms with van der Waals surface area (Å²) in [4.78, 5) is 0.164. The van der Waals surface area contributed by atoms with Gasteiger partial charge in [0.2, 0.25) is 0 Å². The molecule has 2 aromatic rings. The van der Waals surface area contributed by atoms with Gasteiger partial charge in [-0.3, -0.25) is 4.72 Å². The summed E-state index contributed by atoms with van der Waals surface area (Å²) in [5.74, 6) is 0.583. The SMILES string of the molecule is COc1cc(C)c(C(C)C)cc1S(=O)(=O)Nc1ccc(C)c(C)c1. The molecule has 0 aliphatic heterocycles. The molecule has 5 heteroatoms. The Kier molecular flexibility index (Phi) is 5.23. The van der Waals surface area contributed by atoms with Crippen LogP contribution in [0.15, 0.2) is 35.2 Å². The van der Waals surface area contributed by atoms with Crippen LogP contribution in [-0.4, -0.2) is 15.5 Å². The van der Waals surface area contributed by atoms with E-state index >= 15 is 0 Å². The Morgan fingerprint density at radius 1 is 0.958 bits per heavy atom. The van der Waals surface area contributed by atoms with E-state index in [-0.39, 0.29) is 10.8 Å². The average Bonchev–Trinajstić information content (AvgIpc) is 2.49. The third kappa shape index (κ3) is 3.73. The average molecular weight is 347 g/mol. The fraction of sp³-hybridized carbons (Fsp3) is 0.368. The molecule has 2 aromatic carbocycles. The fourth-order valence-electron chi connectivity index (χ4n) is 2.68. The Hall–Kier alpha value is -2.01. The monoisotopic (exact) mass is 347 g/mol. The highest BCUT2D eigenvalue weighted by Crippen LogP contribution is 2.32. The largest absolute Gasteiger partial charge is 0.495 e. The molecule has 130 valence electrons. The van der Waals surface area contributed by atoms with Crippen molar-refractivity contribution in [3.05, 3.63) is 52.6 Å². The molecule has 4 nitrogen and oxygen atoms in total. The van der Waals surface area contributed by atoms with Crippen LogP contribution in [0.5, 0.6) is 5.75 Å². The van der Waals surface area contributed by atoms with Crippen molar-refractivity contribution < 1.29 is 13.2 Å². The van der Waals surface area contributed by atoms with Gasteiger partial charge in [0, 0.05) is 5.69 Å². The summed E-state index contributed by atoms with van der Waals surface area (Å²) >= 11 is 0. The first-order valence-electron chi connectivity index (χ1n) is 7.94. The van der Waals surface area contributed by atoms with E-state index < -0.39 is 10.0 Å². The van der Waals surface area contributed by atoms with Crippen molar-refractivity contribution in [2.75, 3.05) is 11.8 Å². The highest BCUT2D eigenvalue weighted by Gasteiger charge is 2.22. The van der Waals surface area contributed by atoms with E-state index in [2.05, 4.69) is 4.72 Å². The number of methoxy groups -OCH3 is 1. The van der Waals surface area contributed by atoms with Crippen LogP contribution in [0.2, 0.25) is 0 Å². The molecule has 0 unspecified atom stereocenters. The third-order valence-electron chi connectivity index (χ3n) is 4.22. The molecule has 0 saturated heterocycles. The second kappa shape index (κ2) is 6.85. The number of hydrogen-bond acceptors (Lipinski definition) is 3. The predicted molar refractivity (Wildman–Crippen MR) is 98.5 cm³/mol. The second-order valence-corrected chi connectivity index (χ2v) is 8.07. The zero-order chi connectivity index (χ0) is 18.1. The molecule has 0 spiro atoms. The number of aryl methyl sites for hydroxylation is 3. The molecule has 0 heterocycles. The van der Waals surface area contributed by atoms with Crippen molar-refractivity contribution in [3.63, 3.8) is 0 Å². The standard InChI is InChI=1S/C19H25NO3S/c1-12(2)17-11-19(18(23-6)10-15(17)5)24(21,22)20-16-8-7-13(3)14(4)9-16/h7-12,20H,1-6H3. The van der Waals surface area contributed by atoms with E-state index in [9.17, 15) is 8.42 Å². The maximum Gasteiger partial charge on any atom is 0.265 e. The van der Waals surface area contributed by atoms with Crippen molar-refractivity contribution in [3.8, 4) is 5.75 Å². The lowest BCUT2D eigenvalue weighted by atomic mass is 9.98. The Morgan fingerprint density at radius 2 is 1.62 bits per heavy atom. The molecule has 24 heavy (non-hydrogen) atoms. The summed E-state index contributed by atoms with van der Waals surface area (Å²) in [5, 5.41) is 0. The van der Waals surface area contributed by atoms with Crippen LogP contribution < -0.4 is 9.46 Å². The summed E-state index contributed by atoms with van der Waals surface area (Å²) < 4.78 is 33.7. The van der Waals surface area contributed by atoms with Crippen molar-refractivity contribution in [1.82, 2.24) is 0 Å². The van der Waals surface area contributed by atoms with Gasteiger partial charge in [-0.05, 0) is 73.2 Å². The zero-order valence-electron chi connectivity index (χ0n) is 15.1. The van der Waals surface area contributed by atoms with E-state index in [1.807, 2.05) is 46.8 Å². The molecule has 0 aromatic heterocycles. The lowest BCUT2D eigenvalue weighted by Crippen LogP contribution is -2.15. The van der Waals surface area contributed by atoms with Gasteiger partial charge in [-0.15, -0.1) is 0 Å². The molecular formula is C19H25NO3S. The number of benzene rings is 2. The van der Waals surface area contributed by atoms with Gasteiger partial charge in [0.15, 0.2) is 0 Å². The lowest BCUT2D eigenvalue weighted by Gasteiger charge is -2.17. The van der Waals surface area contributed by atoms with E-state index in [1.165, 1.54) is 7.11 Å². The highest BCUT2D eigenvalue weighted by molar-refractivity contribution is 7.92. The van der Waals surface area contributed by atoms with Crippen LogP contribution in [0.4, 0.5) is 5.69 Å². The summed E-state index contributed by atoms with van der Waals surface area (Å²) in [5.41, 5.74) is 4.72. The van der Waals surface area contributed by atoms with Gasteiger partial charge in [-0.2, -0.15) is 0 Å². The third-order valence-corrected chi connectivity index (χ3v) is 5.63. The molecule has 2 rings (SSSR count). The molecule has 0 fully saturated rings. The second-order valence-electron chi connectivity index (χ2n) is 6.42. The van der Waals surface area contributed by atoms with Gasteiger partial charge < -0.3 is 4.74 Å². The maximum atomic E-state index is 12.9. The summed E-state index contributed by atoms with van der Waals surface area (Å²) in [6, 6.07) is 8.99. The van der Waals surface area contributed by atoms with E-state index in [0.29, 0.717) is 11.4 Å². The van der Waals surface area contributed by atoms with Crippen LogP contribution in [0.3, 0.4) is 0 Å². The quantitative estimate of drug-likeness (QED) is 0.863. The van der Waals surface area contributed by atoms with Gasteiger partial charge in [0.05, 0.1) is 7.11 Å². The minimum atomic E-state index is -3.73. The number of sulfonamides is 1. The lowest BCUT2D eigenvalue weighted by molar-refractivity contribution is 0.402. The van der Waals surface area contributed by atoms with Crippen LogP contribution in [0.25, 0.3) is 0 Å². The molecule has 0 radical (unpaired) electrons. The molecule has 0 aliphatic rings. The first-order chi connectivity index (χ1) is 11.2. The molecule has 1 N–H and O–H groups in total. The number of ether oxygens (including phenoxy) is 1. The molecular weight excluding hydrogens is 322 g/mol. The van der Waals surface area contributed by atoms with Gasteiger partial charge >= 0.3 is 0 Å². The van der Waals surface area contributed by atoms with E-state index in [0.717, 1.165) is 22.3 Å². The van der Waals surface area contributed by atoms with Crippen LogP contribution in [-0.2, 0) is 10.0 Å². The van der Waals surface area contributed by atoms with Crippen LogP contribution in [0.1, 0.15) is 42.0 Å². The smallest absolute Gasteiger partial charge is 0.265 e. The number of hydrogen-bond donors (Lipinski definition) is 1. The van der Waals surface area contributed by atoms with Crippen molar-refractivity contribution >= 4 is 15.7 Å². The molecule has 0 atom stereocenters. The minimum absolute atomic E-state index is 0.164. The van der Waals surface area contributed by atoms with Crippen molar-refractivity contribution in [2.45, 2.75) is 45.4 Å². The molecule has 0 saturated carbocycles. The first kappa shape index (κ1) is 18.3. The van der Waals surface area contributed by atoms with Crippen LogP contribution >= 0.6 is 0 Å². The normalized spacial score (nSPS) is 11.6. The summed E-state index contributed by atoms with van der Waals surface area (Å²) in [7, 11) is -2.25. The zero-order valence-corrected chi connectivity index (χ0v) is 15.9. The van der Waals surface area contributed by atoms with Gasteiger partial charge in [-0.25, -0.2) is 8.42 Å². The van der Waals surface area contributed by atoms with Gasteiger partial charge in [-0.1, -0.05) is 19.9 Å². The molecule has 0 amide bonds. The number of rotatable bonds is 5. The highest BCUT2D eigenvalue weighted by atomic mass is 32.2. The molecule has 0 bridgehead atoms. The summed E-state index contributed by atoms with van der Waals surface area (Å²) in [6.45, 7) is 10.00. The predicted octanol–water partition coefficient (Wildman–Crippen LogP) is 4.54. The van der Waals surface area contributed by atoms with Crippen LogP contribution in [0, 0.1) is 20.8 Å². The maximum absolute atomic E-state index is 12.9. The Balaban J connectivity index is 2.51. The Labute approximate surface area is 144 Å². The van der Waals surface area contributed by atoms with Crippen molar-refractivity contribution in [2.24, 2.45) is 0 Å². The van der Waals surface area contributed by atoms with Gasteiger partial charge in [0.25, 0.3) is 10.0 Å². The Morgan fingerprint density at radius 3 is 2.17 bits per heavy atom. The molecule has 0 aliphatic carbocycles. The summed E-state index contributed by atoms with van der Waals surface area (Å²) in [6.07, 6.45) is 0. The fourth-order valence-corrected chi connectivity index (χ4v) is 3.92. The topological polar surface area (TPSA) is 55.4 Å². The van der Waals surface area contributed by atoms with Gasteiger partial charge in [0.1, 0.15) is 10.6 Å². The number of nitrogens with one attached hydrogen (secondary N) is 1. The van der Waals surface area contributed by atoms with E-state index in [1.54, 1.807) is 18.2 Å². The van der Waals surface area contributed by atoms with E-state index in [4.69, 9.17) is 4.74 Å². The minimum Gasteiger partial charge on any atom is -0.495 e. The number of anilines is 1. The Bertz CT molecular complexity index is 855. The first-order valence-corrected chi connectivity index (χ1v) is 9.42.